The van der Waals surface area contributed by atoms with E-state index in [9.17, 15) is 9.59 Å². The first-order valence-corrected chi connectivity index (χ1v) is 7.81. The van der Waals surface area contributed by atoms with Crippen LogP contribution in [0.3, 0.4) is 0 Å². The van der Waals surface area contributed by atoms with Gasteiger partial charge in [0.1, 0.15) is 6.04 Å². The molecule has 0 heterocycles. The van der Waals surface area contributed by atoms with Crippen LogP contribution in [-0.4, -0.2) is 37.1 Å². The zero-order valence-electron chi connectivity index (χ0n) is 15.1. The van der Waals surface area contributed by atoms with Crippen molar-refractivity contribution in [3.8, 4) is 0 Å². The normalized spacial score (nSPS) is 12.9. The van der Waals surface area contributed by atoms with Gasteiger partial charge in [-0.2, -0.15) is 0 Å². The lowest BCUT2D eigenvalue weighted by Gasteiger charge is -2.25. The molecule has 0 saturated heterocycles. The van der Waals surface area contributed by atoms with Crippen molar-refractivity contribution in [1.82, 2.24) is 10.4 Å². The predicted octanol–water partition coefficient (Wildman–Crippen LogP) is 2.76. The van der Waals surface area contributed by atoms with Crippen molar-refractivity contribution in [2.24, 2.45) is 5.92 Å². The number of amides is 2. The van der Waals surface area contributed by atoms with Gasteiger partial charge in [-0.1, -0.05) is 46.8 Å². The molecule has 0 radical (unpaired) electrons. The summed E-state index contributed by atoms with van der Waals surface area (Å²) in [5.41, 5.74) is 1.73. The molecule has 5 heteroatoms. The fourth-order valence-electron chi connectivity index (χ4n) is 2.15. The molecule has 5 nitrogen and oxygen atoms in total. The molecule has 0 aliphatic carbocycles. The molecule has 1 atom stereocenters. The summed E-state index contributed by atoms with van der Waals surface area (Å²) in [4.78, 5) is 29.6. The average molecular weight is 320 g/mol. The van der Waals surface area contributed by atoms with Crippen LogP contribution in [-0.2, 0) is 15.0 Å². The number of rotatable bonds is 5. The van der Waals surface area contributed by atoms with Gasteiger partial charge in [0.2, 0.25) is 0 Å². The molecule has 1 aromatic carbocycles. The number of hydroxylamine groups is 2. The molecule has 2 amide bonds. The Morgan fingerprint density at radius 2 is 1.65 bits per heavy atom. The summed E-state index contributed by atoms with van der Waals surface area (Å²) in [7, 11) is 2.95. The molecule has 0 fully saturated rings. The van der Waals surface area contributed by atoms with Crippen molar-refractivity contribution < 1.29 is 14.4 Å². The van der Waals surface area contributed by atoms with Gasteiger partial charge in [-0.3, -0.25) is 14.4 Å². The topological polar surface area (TPSA) is 58.6 Å². The smallest absolute Gasteiger partial charge is 0.268 e. The van der Waals surface area contributed by atoms with Crippen LogP contribution in [0.5, 0.6) is 0 Å². The van der Waals surface area contributed by atoms with E-state index >= 15 is 0 Å². The summed E-state index contributed by atoms with van der Waals surface area (Å²) < 4.78 is 0. The van der Waals surface area contributed by atoms with Crippen molar-refractivity contribution in [2.75, 3.05) is 14.2 Å². The average Bonchev–Trinajstić information content (AvgIpc) is 2.49. The molecule has 1 N–H and O–H groups in total. The summed E-state index contributed by atoms with van der Waals surface area (Å²) in [6.07, 6.45) is 0. The van der Waals surface area contributed by atoms with Crippen LogP contribution in [0, 0.1) is 5.92 Å². The van der Waals surface area contributed by atoms with Crippen molar-refractivity contribution in [1.29, 1.82) is 0 Å². The minimum atomic E-state index is -0.630. The van der Waals surface area contributed by atoms with Gasteiger partial charge in [-0.05, 0) is 29.0 Å². The summed E-state index contributed by atoms with van der Waals surface area (Å²) in [5, 5.41) is 3.93. The number of hydrogen-bond donors (Lipinski definition) is 1. The van der Waals surface area contributed by atoms with Gasteiger partial charge < -0.3 is 5.32 Å². The number of nitrogens with zero attached hydrogens (tertiary/aromatic N) is 1. The van der Waals surface area contributed by atoms with Crippen LogP contribution in [0.4, 0.5) is 0 Å². The lowest BCUT2D eigenvalue weighted by molar-refractivity contribution is -0.171. The first-order chi connectivity index (χ1) is 10.6. The molecule has 128 valence electrons. The molecular weight excluding hydrogens is 292 g/mol. The molecule has 0 aliphatic rings. The standard InChI is InChI=1S/C18H28N2O3/c1-12(2)15(17(22)20(6)23-7)19-16(21)13-8-10-14(11-9-13)18(3,4)5/h8-12,15H,1-7H3,(H,19,21). The van der Waals surface area contributed by atoms with E-state index in [1.165, 1.54) is 14.2 Å². The van der Waals surface area contributed by atoms with Crippen molar-refractivity contribution in [2.45, 2.75) is 46.1 Å². The summed E-state index contributed by atoms with van der Waals surface area (Å²) >= 11 is 0. The van der Waals surface area contributed by atoms with Crippen molar-refractivity contribution in [3.05, 3.63) is 35.4 Å². The number of likely N-dealkylation sites (N-methyl/N-ethyl adjacent to an activating group) is 1. The Kier molecular flexibility index (Phi) is 6.33. The maximum atomic E-state index is 12.4. The third-order valence-corrected chi connectivity index (χ3v) is 3.82. The van der Waals surface area contributed by atoms with Gasteiger partial charge in [-0.15, -0.1) is 0 Å². The lowest BCUT2D eigenvalue weighted by Crippen LogP contribution is -2.49. The highest BCUT2D eigenvalue weighted by molar-refractivity contribution is 5.97. The number of nitrogens with one attached hydrogen (secondary N) is 1. The quantitative estimate of drug-likeness (QED) is 0.849. The second kappa shape index (κ2) is 7.59. The van der Waals surface area contributed by atoms with Gasteiger partial charge in [-0.25, -0.2) is 5.06 Å². The van der Waals surface area contributed by atoms with Crippen LogP contribution in [0.2, 0.25) is 0 Å². The van der Waals surface area contributed by atoms with Crippen LogP contribution < -0.4 is 5.32 Å². The first kappa shape index (κ1) is 19.2. The van der Waals surface area contributed by atoms with E-state index in [1.807, 2.05) is 26.0 Å². The van der Waals surface area contributed by atoms with E-state index in [0.29, 0.717) is 5.56 Å². The highest BCUT2D eigenvalue weighted by Crippen LogP contribution is 2.22. The third kappa shape index (κ3) is 5.06. The Labute approximate surface area is 139 Å². The Bertz CT molecular complexity index is 544. The second-order valence-electron chi connectivity index (χ2n) is 7.04. The fraction of sp³-hybridized carbons (Fsp3) is 0.556. The van der Waals surface area contributed by atoms with Crippen molar-refractivity contribution in [3.63, 3.8) is 0 Å². The number of benzene rings is 1. The van der Waals surface area contributed by atoms with Gasteiger partial charge in [0, 0.05) is 12.6 Å². The Balaban J connectivity index is 2.89. The SMILES string of the molecule is CON(C)C(=O)C(NC(=O)c1ccc(C(C)(C)C)cc1)C(C)C. The number of hydrogen-bond acceptors (Lipinski definition) is 3. The third-order valence-electron chi connectivity index (χ3n) is 3.82. The van der Waals surface area contributed by atoms with Gasteiger partial charge in [0.15, 0.2) is 0 Å². The summed E-state index contributed by atoms with van der Waals surface area (Å²) in [6, 6.07) is 6.84. The van der Waals surface area contributed by atoms with E-state index in [0.717, 1.165) is 10.6 Å². The molecule has 1 rings (SSSR count). The first-order valence-electron chi connectivity index (χ1n) is 7.81. The van der Waals surface area contributed by atoms with E-state index in [4.69, 9.17) is 4.84 Å². The van der Waals surface area contributed by atoms with Crippen LogP contribution >= 0.6 is 0 Å². The van der Waals surface area contributed by atoms with Gasteiger partial charge >= 0.3 is 0 Å². The lowest BCUT2D eigenvalue weighted by atomic mass is 9.86. The minimum Gasteiger partial charge on any atom is -0.340 e. The Morgan fingerprint density at radius 1 is 1.13 bits per heavy atom. The minimum absolute atomic E-state index is 0.0343. The van der Waals surface area contributed by atoms with Crippen molar-refractivity contribution >= 4 is 11.8 Å². The van der Waals surface area contributed by atoms with E-state index in [1.54, 1.807) is 12.1 Å². The monoisotopic (exact) mass is 320 g/mol. The fourth-order valence-corrected chi connectivity index (χ4v) is 2.15. The zero-order valence-corrected chi connectivity index (χ0v) is 15.1. The van der Waals surface area contributed by atoms with Crippen LogP contribution in [0.15, 0.2) is 24.3 Å². The molecule has 23 heavy (non-hydrogen) atoms. The zero-order chi connectivity index (χ0) is 17.8. The molecular formula is C18H28N2O3. The molecule has 0 bridgehead atoms. The maximum Gasteiger partial charge on any atom is 0.268 e. The molecule has 0 aliphatic heterocycles. The highest BCUT2D eigenvalue weighted by atomic mass is 16.7. The Morgan fingerprint density at radius 3 is 2.04 bits per heavy atom. The van der Waals surface area contributed by atoms with Crippen LogP contribution in [0.25, 0.3) is 0 Å². The van der Waals surface area contributed by atoms with E-state index in [-0.39, 0.29) is 23.1 Å². The van der Waals surface area contributed by atoms with E-state index in [2.05, 4.69) is 26.1 Å². The van der Waals surface area contributed by atoms with E-state index < -0.39 is 6.04 Å². The molecule has 0 saturated carbocycles. The molecule has 0 aromatic heterocycles. The maximum absolute atomic E-state index is 12.4. The Hall–Kier alpha value is -1.88. The molecule has 0 spiro atoms. The van der Waals surface area contributed by atoms with Gasteiger partial charge in [0.05, 0.1) is 7.11 Å². The van der Waals surface area contributed by atoms with Crippen LogP contribution in [0.1, 0.15) is 50.5 Å². The molecule has 1 unspecified atom stereocenters. The predicted molar refractivity (Wildman–Crippen MR) is 91.0 cm³/mol. The van der Waals surface area contributed by atoms with Gasteiger partial charge in [0.25, 0.3) is 11.8 Å². The summed E-state index contributed by atoms with van der Waals surface area (Å²) in [5.74, 6) is -0.581. The second-order valence-corrected chi connectivity index (χ2v) is 7.04. The number of carbonyl (C=O) groups is 2. The number of carbonyl (C=O) groups excluding carboxylic acids is 2. The largest absolute Gasteiger partial charge is 0.340 e. The molecule has 1 aromatic rings. The summed E-state index contributed by atoms with van der Waals surface area (Å²) in [6.45, 7) is 10.1. The highest BCUT2D eigenvalue weighted by Gasteiger charge is 2.27.